The molecule has 2 N–H and O–H groups in total. The third-order valence-corrected chi connectivity index (χ3v) is 4.47. The summed E-state index contributed by atoms with van der Waals surface area (Å²) in [5.41, 5.74) is 9.79. The number of rotatable bonds is 4. The van der Waals surface area contributed by atoms with Crippen molar-refractivity contribution in [1.82, 2.24) is 9.78 Å². The molecule has 4 heteroatoms. The maximum atomic E-state index is 6.21. The number of nitrogens with two attached hydrogens (primary N) is 1. The first-order valence-electron chi connectivity index (χ1n) is 7.42. The molecule has 0 aliphatic heterocycles. The highest BCUT2D eigenvalue weighted by atomic mass is 16.5. The molecule has 1 saturated carbocycles. The molecule has 0 spiro atoms. The molecule has 108 valence electrons. The number of nitrogens with zero attached hydrogens (tertiary/aromatic N) is 2. The monoisotopic (exact) mass is 265 g/mol. The molecule has 0 aromatic carbocycles. The van der Waals surface area contributed by atoms with Crippen molar-refractivity contribution in [3.8, 4) is 0 Å². The van der Waals surface area contributed by atoms with E-state index in [2.05, 4.69) is 25.5 Å². The predicted molar refractivity (Wildman–Crippen MR) is 77.2 cm³/mol. The highest BCUT2D eigenvalue weighted by Gasteiger charge is 2.27. The molecule has 0 saturated heterocycles. The van der Waals surface area contributed by atoms with Crippen LogP contribution < -0.4 is 5.73 Å². The lowest BCUT2D eigenvalue weighted by Gasteiger charge is -2.29. The maximum Gasteiger partial charge on any atom is 0.0644 e. The first kappa shape index (κ1) is 14.5. The number of hydrogen-bond acceptors (Lipinski definition) is 3. The van der Waals surface area contributed by atoms with Gasteiger partial charge in [-0.05, 0) is 46.0 Å². The zero-order valence-corrected chi connectivity index (χ0v) is 12.6. The van der Waals surface area contributed by atoms with Crippen molar-refractivity contribution in [2.75, 3.05) is 7.11 Å². The highest BCUT2D eigenvalue weighted by molar-refractivity contribution is 5.28. The second-order valence-electron chi connectivity index (χ2n) is 5.72. The van der Waals surface area contributed by atoms with E-state index < -0.39 is 0 Å². The second kappa shape index (κ2) is 6.06. The number of aromatic nitrogens is 2. The summed E-state index contributed by atoms with van der Waals surface area (Å²) in [6, 6.07) is 0.575. The number of hydrogen-bond donors (Lipinski definition) is 1. The molecule has 1 heterocycles. The lowest BCUT2D eigenvalue weighted by Crippen LogP contribution is -2.25. The van der Waals surface area contributed by atoms with Gasteiger partial charge in [0.25, 0.3) is 0 Å². The SMILES string of the molecule is CCC(N)c1c(C)nn(C2CCCC(OC)C2)c1C. The topological polar surface area (TPSA) is 53.1 Å². The Morgan fingerprint density at radius 2 is 2.16 bits per heavy atom. The lowest BCUT2D eigenvalue weighted by atomic mass is 9.92. The van der Waals surface area contributed by atoms with Crippen LogP contribution in [0.25, 0.3) is 0 Å². The van der Waals surface area contributed by atoms with Crippen LogP contribution in [0.3, 0.4) is 0 Å². The summed E-state index contributed by atoms with van der Waals surface area (Å²) < 4.78 is 7.72. The third-order valence-electron chi connectivity index (χ3n) is 4.47. The van der Waals surface area contributed by atoms with E-state index in [9.17, 15) is 0 Å². The van der Waals surface area contributed by atoms with Crippen molar-refractivity contribution in [3.05, 3.63) is 17.0 Å². The van der Waals surface area contributed by atoms with Gasteiger partial charge in [-0.25, -0.2) is 0 Å². The Morgan fingerprint density at radius 1 is 1.42 bits per heavy atom. The van der Waals surface area contributed by atoms with E-state index in [0.29, 0.717) is 12.1 Å². The molecule has 1 aromatic heterocycles. The molecule has 0 radical (unpaired) electrons. The second-order valence-corrected chi connectivity index (χ2v) is 5.72. The van der Waals surface area contributed by atoms with Crippen molar-refractivity contribution >= 4 is 0 Å². The Balaban J connectivity index is 2.25. The van der Waals surface area contributed by atoms with Crippen molar-refractivity contribution < 1.29 is 4.74 Å². The van der Waals surface area contributed by atoms with Crippen LogP contribution in [0.2, 0.25) is 0 Å². The molecule has 4 nitrogen and oxygen atoms in total. The van der Waals surface area contributed by atoms with E-state index in [1.54, 1.807) is 0 Å². The number of methoxy groups -OCH3 is 1. The van der Waals surface area contributed by atoms with Crippen LogP contribution in [-0.2, 0) is 4.74 Å². The van der Waals surface area contributed by atoms with E-state index in [-0.39, 0.29) is 6.04 Å². The van der Waals surface area contributed by atoms with Gasteiger partial charge in [0.15, 0.2) is 0 Å². The fourth-order valence-corrected chi connectivity index (χ4v) is 3.33. The summed E-state index contributed by atoms with van der Waals surface area (Å²) in [7, 11) is 1.81. The van der Waals surface area contributed by atoms with Gasteiger partial charge in [-0.1, -0.05) is 6.92 Å². The van der Waals surface area contributed by atoms with E-state index >= 15 is 0 Å². The van der Waals surface area contributed by atoms with Gasteiger partial charge in [0, 0.05) is 24.4 Å². The summed E-state index contributed by atoms with van der Waals surface area (Å²) in [4.78, 5) is 0. The van der Waals surface area contributed by atoms with Gasteiger partial charge in [-0.15, -0.1) is 0 Å². The molecule has 3 atom stereocenters. The van der Waals surface area contributed by atoms with Crippen LogP contribution in [0, 0.1) is 13.8 Å². The van der Waals surface area contributed by atoms with Crippen LogP contribution in [0.4, 0.5) is 0 Å². The molecule has 1 aromatic rings. The van der Waals surface area contributed by atoms with Crippen LogP contribution >= 0.6 is 0 Å². The van der Waals surface area contributed by atoms with Gasteiger partial charge in [0.05, 0.1) is 17.8 Å². The van der Waals surface area contributed by atoms with Gasteiger partial charge in [0.1, 0.15) is 0 Å². The number of ether oxygens (including phenoxy) is 1. The third kappa shape index (κ3) is 2.84. The van der Waals surface area contributed by atoms with Crippen LogP contribution in [-0.4, -0.2) is 23.0 Å². The fraction of sp³-hybridized carbons (Fsp3) is 0.800. The molecular weight excluding hydrogens is 238 g/mol. The average Bonchev–Trinajstić information content (AvgIpc) is 2.73. The van der Waals surface area contributed by atoms with Crippen LogP contribution in [0.15, 0.2) is 0 Å². The first-order valence-corrected chi connectivity index (χ1v) is 7.42. The molecule has 1 aliphatic rings. The molecule has 0 amide bonds. The summed E-state index contributed by atoms with van der Waals surface area (Å²) in [6.07, 6.45) is 6.00. The Labute approximate surface area is 116 Å². The summed E-state index contributed by atoms with van der Waals surface area (Å²) in [5.74, 6) is 0. The standard InChI is InChI=1S/C15H27N3O/c1-5-14(16)15-10(2)17-18(11(15)3)12-7-6-8-13(9-12)19-4/h12-14H,5-9,16H2,1-4H3. The first-order chi connectivity index (χ1) is 9.08. The van der Waals surface area contributed by atoms with Crippen molar-refractivity contribution in [1.29, 1.82) is 0 Å². The average molecular weight is 265 g/mol. The normalized spacial score (nSPS) is 25.5. The molecule has 1 aliphatic carbocycles. The quantitative estimate of drug-likeness (QED) is 0.910. The van der Waals surface area contributed by atoms with Crippen molar-refractivity contribution in [3.63, 3.8) is 0 Å². The zero-order valence-electron chi connectivity index (χ0n) is 12.6. The molecule has 2 rings (SSSR count). The van der Waals surface area contributed by atoms with E-state index in [1.165, 1.54) is 30.5 Å². The molecule has 1 fully saturated rings. The van der Waals surface area contributed by atoms with E-state index in [1.807, 2.05) is 7.11 Å². The van der Waals surface area contributed by atoms with Crippen molar-refractivity contribution in [2.45, 2.75) is 71.1 Å². The van der Waals surface area contributed by atoms with Gasteiger partial charge in [0.2, 0.25) is 0 Å². The van der Waals surface area contributed by atoms with E-state index in [4.69, 9.17) is 15.6 Å². The summed E-state index contributed by atoms with van der Waals surface area (Å²) in [5, 5.41) is 4.75. The zero-order chi connectivity index (χ0) is 14.0. The lowest BCUT2D eigenvalue weighted by molar-refractivity contribution is 0.0503. The Bertz CT molecular complexity index is 427. The van der Waals surface area contributed by atoms with Crippen LogP contribution in [0.1, 0.15) is 68.1 Å². The Hall–Kier alpha value is -0.870. The molecular formula is C15H27N3O. The highest BCUT2D eigenvalue weighted by Crippen LogP contribution is 2.33. The summed E-state index contributed by atoms with van der Waals surface area (Å²) >= 11 is 0. The van der Waals surface area contributed by atoms with Crippen molar-refractivity contribution in [2.24, 2.45) is 5.73 Å². The largest absolute Gasteiger partial charge is 0.381 e. The maximum absolute atomic E-state index is 6.21. The smallest absolute Gasteiger partial charge is 0.0644 e. The summed E-state index contributed by atoms with van der Waals surface area (Å²) in [6.45, 7) is 6.36. The molecule has 0 bridgehead atoms. The van der Waals surface area contributed by atoms with Gasteiger partial charge >= 0.3 is 0 Å². The van der Waals surface area contributed by atoms with E-state index in [0.717, 1.165) is 18.5 Å². The minimum Gasteiger partial charge on any atom is -0.381 e. The predicted octanol–water partition coefficient (Wildman–Crippen LogP) is 3.04. The van der Waals surface area contributed by atoms with Crippen LogP contribution in [0.5, 0.6) is 0 Å². The minimum atomic E-state index is 0.107. The molecule has 3 unspecified atom stereocenters. The van der Waals surface area contributed by atoms with Gasteiger partial charge in [-0.2, -0.15) is 5.10 Å². The minimum absolute atomic E-state index is 0.107. The van der Waals surface area contributed by atoms with Gasteiger partial charge < -0.3 is 10.5 Å². The van der Waals surface area contributed by atoms with Gasteiger partial charge in [-0.3, -0.25) is 4.68 Å². The Morgan fingerprint density at radius 3 is 2.79 bits per heavy atom. The fourth-order valence-electron chi connectivity index (χ4n) is 3.33. The number of aryl methyl sites for hydroxylation is 1. The Kier molecular flexibility index (Phi) is 4.63. The molecule has 19 heavy (non-hydrogen) atoms.